The third kappa shape index (κ3) is 3.54. The number of nitrogens with zero attached hydrogens (tertiary/aromatic N) is 1. The molecule has 116 valence electrons. The van der Waals surface area contributed by atoms with Gasteiger partial charge in [-0.3, -0.25) is 4.79 Å². The van der Waals surface area contributed by atoms with Gasteiger partial charge in [-0.25, -0.2) is 8.42 Å². The lowest BCUT2D eigenvalue weighted by atomic mass is 10.1. The zero-order valence-electron chi connectivity index (χ0n) is 12.2. The van der Waals surface area contributed by atoms with Crippen molar-refractivity contribution in [2.75, 3.05) is 31.7 Å². The minimum absolute atomic E-state index is 0.00867. The second-order valence-corrected chi connectivity index (χ2v) is 7.21. The van der Waals surface area contributed by atoms with Crippen molar-refractivity contribution >= 4 is 21.4 Å². The minimum Gasteiger partial charge on any atom is -0.399 e. The monoisotopic (exact) mass is 312 g/mol. The summed E-state index contributed by atoms with van der Waals surface area (Å²) in [6.07, 6.45) is 1.88. The van der Waals surface area contributed by atoms with Crippen LogP contribution in [0.5, 0.6) is 0 Å². The number of amides is 1. The van der Waals surface area contributed by atoms with Crippen molar-refractivity contribution in [2.24, 2.45) is 0 Å². The molecule has 2 N–H and O–H groups in total. The van der Waals surface area contributed by atoms with Crippen LogP contribution < -0.4 is 5.73 Å². The standard InChI is InChI=1S/C14H20N2O4S/c1-3-12-9-20-5-4-16(12)14(17)10-6-11(15)8-13(7-10)21(2,18)19/h6-8,12H,3-5,9,15H2,1-2H3. The van der Waals surface area contributed by atoms with Crippen LogP contribution >= 0.6 is 0 Å². The van der Waals surface area contributed by atoms with Gasteiger partial charge in [0.15, 0.2) is 9.84 Å². The number of carbonyl (C=O) groups is 1. The van der Waals surface area contributed by atoms with Crippen LogP contribution in [0.1, 0.15) is 23.7 Å². The lowest BCUT2D eigenvalue weighted by molar-refractivity contribution is -0.00280. The van der Waals surface area contributed by atoms with Crippen molar-refractivity contribution in [3.05, 3.63) is 23.8 Å². The van der Waals surface area contributed by atoms with Gasteiger partial charge in [0.2, 0.25) is 0 Å². The van der Waals surface area contributed by atoms with E-state index in [1.807, 2.05) is 6.92 Å². The van der Waals surface area contributed by atoms with E-state index in [1.54, 1.807) is 4.90 Å². The smallest absolute Gasteiger partial charge is 0.254 e. The van der Waals surface area contributed by atoms with Crippen molar-refractivity contribution in [1.82, 2.24) is 4.90 Å². The highest BCUT2D eigenvalue weighted by Gasteiger charge is 2.27. The SMILES string of the molecule is CCC1COCCN1C(=O)c1cc(N)cc(S(C)(=O)=O)c1. The Morgan fingerprint density at radius 3 is 2.76 bits per heavy atom. The maximum Gasteiger partial charge on any atom is 0.254 e. The van der Waals surface area contributed by atoms with Gasteiger partial charge in [-0.1, -0.05) is 6.92 Å². The number of hydrogen-bond acceptors (Lipinski definition) is 5. The fourth-order valence-electron chi connectivity index (χ4n) is 2.39. The number of sulfone groups is 1. The van der Waals surface area contributed by atoms with Crippen LogP contribution in [0.4, 0.5) is 5.69 Å². The molecule has 0 bridgehead atoms. The summed E-state index contributed by atoms with van der Waals surface area (Å²) in [4.78, 5) is 14.4. The molecule has 0 aliphatic carbocycles. The number of ether oxygens (including phenoxy) is 1. The summed E-state index contributed by atoms with van der Waals surface area (Å²) in [5.41, 5.74) is 6.30. The summed E-state index contributed by atoms with van der Waals surface area (Å²) in [6.45, 7) is 3.48. The van der Waals surface area contributed by atoms with E-state index in [0.717, 1.165) is 12.7 Å². The fraction of sp³-hybridized carbons (Fsp3) is 0.500. The average molecular weight is 312 g/mol. The van der Waals surface area contributed by atoms with Crippen LogP contribution in [0.2, 0.25) is 0 Å². The number of nitrogens with two attached hydrogens (primary N) is 1. The molecule has 1 saturated heterocycles. The summed E-state index contributed by atoms with van der Waals surface area (Å²) < 4.78 is 28.7. The van der Waals surface area contributed by atoms with Gasteiger partial charge in [-0.2, -0.15) is 0 Å². The molecule has 0 radical (unpaired) electrons. The van der Waals surface area contributed by atoms with Crippen molar-refractivity contribution < 1.29 is 17.9 Å². The molecule has 21 heavy (non-hydrogen) atoms. The maximum atomic E-state index is 12.6. The molecule has 6 nitrogen and oxygen atoms in total. The van der Waals surface area contributed by atoms with Crippen LogP contribution in [0.3, 0.4) is 0 Å². The number of carbonyl (C=O) groups excluding carboxylic acids is 1. The minimum atomic E-state index is -3.41. The van der Waals surface area contributed by atoms with Gasteiger partial charge >= 0.3 is 0 Å². The van der Waals surface area contributed by atoms with Crippen LogP contribution in [0.15, 0.2) is 23.1 Å². The summed E-state index contributed by atoms with van der Waals surface area (Å²) in [5.74, 6) is -0.206. The Kier molecular flexibility index (Phi) is 4.53. The van der Waals surface area contributed by atoms with E-state index in [-0.39, 0.29) is 22.5 Å². The Bertz CT molecular complexity index is 642. The Morgan fingerprint density at radius 2 is 2.14 bits per heavy atom. The molecule has 0 spiro atoms. The zero-order valence-corrected chi connectivity index (χ0v) is 13.0. The molecule has 1 amide bonds. The summed E-state index contributed by atoms with van der Waals surface area (Å²) in [5, 5.41) is 0. The highest BCUT2D eigenvalue weighted by atomic mass is 32.2. The number of rotatable bonds is 3. The largest absolute Gasteiger partial charge is 0.399 e. The Hall–Kier alpha value is -1.60. The quantitative estimate of drug-likeness (QED) is 0.838. The molecule has 2 rings (SSSR count). The number of morpholine rings is 1. The van der Waals surface area contributed by atoms with Gasteiger partial charge in [-0.15, -0.1) is 0 Å². The van der Waals surface area contributed by atoms with Crippen molar-refractivity contribution in [2.45, 2.75) is 24.3 Å². The predicted molar refractivity (Wildman–Crippen MR) is 79.9 cm³/mol. The van der Waals surface area contributed by atoms with Gasteiger partial charge in [-0.05, 0) is 24.6 Å². The summed E-state index contributed by atoms with van der Waals surface area (Å²) in [6, 6.07) is 4.27. The molecular weight excluding hydrogens is 292 g/mol. The molecule has 1 atom stereocenters. The van der Waals surface area contributed by atoms with E-state index in [0.29, 0.717) is 25.3 Å². The summed E-state index contributed by atoms with van der Waals surface area (Å²) >= 11 is 0. The molecule has 1 aromatic carbocycles. The van der Waals surface area contributed by atoms with Gasteiger partial charge in [0.25, 0.3) is 5.91 Å². The normalized spacial score (nSPS) is 19.5. The topological polar surface area (TPSA) is 89.7 Å². The first-order chi connectivity index (χ1) is 9.82. The van der Waals surface area contributed by atoms with E-state index in [2.05, 4.69) is 0 Å². The average Bonchev–Trinajstić information content (AvgIpc) is 2.45. The highest BCUT2D eigenvalue weighted by molar-refractivity contribution is 7.90. The first-order valence-corrected chi connectivity index (χ1v) is 8.71. The maximum absolute atomic E-state index is 12.6. The number of anilines is 1. The molecule has 1 aliphatic heterocycles. The molecule has 1 aliphatic rings. The molecule has 0 saturated carbocycles. The molecule has 1 aromatic rings. The zero-order chi connectivity index (χ0) is 15.6. The van der Waals surface area contributed by atoms with E-state index in [1.165, 1.54) is 18.2 Å². The molecule has 1 unspecified atom stereocenters. The van der Waals surface area contributed by atoms with Gasteiger partial charge in [0.1, 0.15) is 0 Å². The third-order valence-corrected chi connectivity index (χ3v) is 4.66. The van der Waals surface area contributed by atoms with E-state index < -0.39 is 9.84 Å². The second-order valence-electron chi connectivity index (χ2n) is 5.20. The van der Waals surface area contributed by atoms with Crippen LogP contribution in [-0.2, 0) is 14.6 Å². The number of hydrogen-bond donors (Lipinski definition) is 1. The van der Waals surface area contributed by atoms with Crippen LogP contribution in [0, 0.1) is 0 Å². The Morgan fingerprint density at radius 1 is 1.43 bits per heavy atom. The lowest BCUT2D eigenvalue weighted by Crippen LogP contribution is -2.48. The lowest BCUT2D eigenvalue weighted by Gasteiger charge is -2.35. The van der Waals surface area contributed by atoms with E-state index in [9.17, 15) is 13.2 Å². The second kappa shape index (κ2) is 6.03. The molecular formula is C14H20N2O4S. The van der Waals surface area contributed by atoms with E-state index in [4.69, 9.17) is 10.5 Å². The highest BCUT2D eigenvalue weighted by Crippen LogP contribution is 2.20. The summed E-state index contributed by atoms with van der Waals surface area (Å²) in [7, 11) is -3.41. The van der Waals surface area contributed by atoms with Crippen LogP contribution in [0.25, 0.3) is 0 Å². The van der Waals surface area contributed by atoms with Crippen molar-refractivity contribution in [3.8, 4) is 0 Å². The first kappa shape index (κ1) is 15.8. The van der Waals surface area contributed by atoms with Gasteiger partial charge in [0.05, 0.1) is 24.2 Å². The molecule has 1 fully saturated rings. The van der Waals surface area contributed by atoms with Crippen LogP contribution in [-0.4, -0.2) is 51.3 Å². The number of benzene rings is 1. The Labute approximate surface area is 124 Å². The third-order valence-electron chi connectivity index (χ3n) is 3.56. The van der Waals surface area contributed by atoms with Gasteiger partial charge in [0, 0.05) is 24.1 Å². The van der Waals surface area contributed by atoms with Gasteiger partial charge < -0.3 is 15.4 Å². The van der Waals surface area contributed by atoms with E-state index >= 15 is 0 Å². The fourth-order valence-corrected chi connectivity index (χ4v) is 3.08. The molecule has 7 heteroatoms. The van der Waals surface area contributed by atoms with Crippen molar-refractivity contribution in [1.29, 1.82) is 0 Å². The Balaban J connectivity index is 2.37. The predicted octanol–water partition coefficient (Wildman–Crippen LogP) is 0.923. The molecule has 0 aromatic heterocycles. The van der Waals surface area contributed by atoms with Crippen molar-refractivity contribution in [3.63, 3.8) is 0 Å². The first-order valence-electron chi connectivity index (χ1n) is 6.82. The molecule has 1 heterocycles. The number of nitrogen functional groups attached to an aromatic ring is 1.